The van der Waals surface area contributed by atoms with Gasteiger partial charge in [-0.25, -0.2) is 0 Å². The normalized spacial score (nSPS) is 15.9. The van der Waals surface area contributed by atoms with Gasteiger partial charge in [-0.15, -0.1) is 6.58 Å². The second-order valence-electron chi connectivity index (χ2n) is 7.69. The van der Waals surface area contributed by atoms with Gasteiger partial charge in [0.1, 0.15) is 11.6 Å². The van der Waals surface area contributed by atoms with Gasteiger partial charge in [0.25, 0.3) is 0 Å². The van der Waals surface area contributed by atoms with Crippen molar-refractivity contribution in [3.63, 3.8) is 0 Å². The highest BCUT2D eigenvalue weighted by Gasteiger charge is 2.27. The predicted octanol–water partition coefficient (Wildman–Crippen LogP) is 4.66. The quantitative estimate of drug-likeness (QED) is 0.525. The summed E-state index contributed by atoms with van der Waals surface area (Å²) >= 11 is 0. The number of rotatable bonds is 9. The fraction of sp³-hybridized carbons (Fsp3) is 0.500. The number of hydrogen-bond donors (Lipinski definition) is 1. The van der Waals surface area contributed by atoms with Crippen LogP contribution >= 0.6 is 0 Å². The summed E-state index contributed by atoms with van der Waals surface area (Å²) in [6.45, 7) is 9.87. The van der Waals surface area contributed by atoms with Crippen LogP contribution in [0.5, 0.6) is 0 Å². The number of hydrogen-bond acceptors (Lipinski definition) is 3. The lowest BCUT2D eigenvalue weighted by atomic mass is 9.96. The molecule has 0 spiro atoms. The summed E-state index contributed by atoms with van der Waals surface area (Å²) in [5.41, 5.74) is 9.31. The topological polar surface area (TPSA) is 52.3 Å². The summed E-state index contributed by atoms with van der Waals surface area (Å²) < 4.78 is 5.70. The van der Waals surface area contributed by atoms with E-state index in [-0.39, 0.29) is 5.97 Å². The molecule has 1 aliphatic carbocycles. The molecule has 0 heterocycles. The van der Waals surface area contributed by atoms with E-state index in [0.717, 1.165) is 31.3 Å². The molecular weight excluding hydrogens is 310 g/mol. The van der Waals surface area contributed by atoms with Crippen molar-refractivity contribution >= 4 is 11.5 Å². The van der Waals surface area contributed by atoms with Crippen LogP contribution in [-0.4, -0.2) is 17.6 Å². The van der Waals surface area contributed by atoms with Gasteiger partial charge in [0.15, 0.2) is 0 Å². The third kappa shape index (κ3) is 5.57. The van der Waals surface area contributed by atoms with Crippen molar-refractivity contribution in [1.29, 1.82) is 0 Å². The van der Waals surface area contributed by atoms with E-state index in [2.05, 4.69) is 31.7 Å². The molecule has 0 aliphatic heterocycles. The molecular formula is C22H31NO2. The van der Waals surface area contributed by atoms with E-state index >= 15 is 0 Å². The molecule has 2 N–H and O–H groups in total. The van der Waals surface area contributed by atoms with Gasteiger partial charge in [-0.3, -0.25) is 4.79 Å². The Morgan fingerprint density at radius 3 is 2.84 bits per heavy atom. The van der Waals surface area contributed by atoms with Crippen LogP contribution in [0.3, 0.4) is 0 Å². The lowest BCUT2D eigenvalue weighted by molar-refractivity contribution is -0.158. The first-order chi connectivity index (χ1) is 11.8. The molecule has 1 aliphatic rings. The summed E-state index contributed by atoms with van der Waals surface area (Å²) in [4.78, 5) is 12.4. The summed E-state index contributed by atoms with van der Waals surface area (Å²) in [6.07, 6.45) is 8.46. The molecule has 1 aromatic rings. The third-order valence-corrected chi connectivity index (χ3v) is 4.89. The van der Waals surface area contributed by atoms with Crippen molar-refractivity contribution in [2.24, 2.45) is 11.7 Å². The van der Waals surface area contributed by atoms with Crippen LogP contribution in [0.4, 0.5) is 0 Å². The molecule has 1 unspecified atom stereocenters. The highest BCUT2D eigenvalue weighted by molar-refractivity contribution is 5.81. The van der Waals surface area contributed by atoms with Gasteiger partial charge in [0.2, 0.25) is 0 Å². The zero-order valence-corrected chi connectivity index (χ0v) is 15.8. The Morgan fingerprint density at radius 1 is 1.40 bits per heavy atom. The molecule has 2 atom stereocenters. The van der Waals surface area contributed by atoms with Crippen LogP contribution in [0.15, 0.2) is 43.0 Å². The Kier molecular flexibility index (Phi) is 6.60. The van der Waals surface area contributed by atoms with Gasteiger partial charge in [-0.2, -0.15) is 0 Å². The maximum atomic E-state index is 12.4. The number of fused-ring (bicyclic) bond motifs is 1. The van der Waals surface area contributed by atoms with Crippen LogP contribution in [0.25, 0.3) is 5.57 Å². The summed E-state index contributed by atoms with van der Waals surface area (Å²) in [7, 11) is 0. The summed E-state index contributed by atoms with van der Waals surface area (Å²) in [5, 5.41) is 0. The molecule has 3 heteroatoms. The van der Waals surface area contributed by atoms with Crippen molar-refractivity contribution in [2.45, 2.75) is 64.5 Å². The van der Waals surface area contributed by atoms with E-state index in [1.807, 2.05) is 32.1 Å². The van der Waals surface area contributed by atoms with Gasteiger partial charge in [-0.1, -0.05) is 43.3 Å². The Bertz CT molecular complexity index is 645. The van der Waals surface area contributed by atoms with Crippen LogP contribution in [0, 0.1) is 5.92 Å². The second-order valence-corrected chi connectivity index (χ2v) is 7.69. The fourth-order valence-corrected chi connectivity index (χ4v) is 3.23. The highest BCUT2D eigenvalue weighted by Crippen LogP contribution is 2.30. The van der Waals surface area contributed by atoms with E-state index < -0.39 is 11.6 Å². The second kappa shape index (κ2) is 8.48. The number of allylic oxidation sites excluding steroid dienone is 2. The van der Waals surface area contributed by atoms with Gasteiger partial charge >= 0.3 is 5.97 Å². The minimum Gasteiger partial charge on any atom is -0.459 e. The molecule has 0 fully saturated rings. The lowest BCUT2D eigenvalue weighted by Gasteiger charge is -2.27. The van der Waals surface area contributed by atoms with Crippen molar-refractivity contribution in [3.8, 4) is 0 Å². The average Bonchev–Trinajstić information content (AvgIpc) is 2.97. The minimum atomic E-state index is -0.622. The predicted molar refractivity (Wildman–Crippen MR) is 104 cm³/mol. The summed E-state index contributed by atoms with van der Waals surface area (Å²) in [5.74, 6) is 0.176. The van der Waals surface area contributed by atoms with E-state index in [1.54, 1.807) is 0 Å². The maximum absolute atomic E-state index is 12.4. The Hall–Kier alpha value is -1.87. The zero-order chi connectivity index (χ0) is 18.4. The first-order valence-electron chi connectivity index (χ1n) is 9.20. The Morgan fingerprint density at radius 2 is 2.12 bits per heavy atom. The van der Waals surface area contributed by atoms with Gasteiger partial charge in [0.05, 0.1) is 0 Å². The first-order valence-corrected chi connectivity index (χ1v) is 9.20. The SMILES string of the molecule is C=CC(C)CCCC(C)(C)OC(=O)[C@@H](N)CC1=CCc2ccccc21. The molecule has 0 saturated carbocycles. The van der Waals surface area contributed by atoms with Gasteiger partial charge in [-0.05, 0) is 68.6 Å². The molecule has 0 bridgehead atoms. The van der Waals surface area contributed by atoms with Crippen LogP contribution in [0.1, 0.15) is 57.6 Å². The monoisotopic (exact) mass is 341 g/mol. The lowest BCUT2D eigenvalue weighted by Crippen LogP contribution is -2.38. The van der Waals surface area contributed by atoms with Crippen LogP contribution in [-0.2, 0) is 16.0 Å². The molecule has 1 aromatic carbocycles. The smallest absolute Gasteiger partial charge is 0.323 e. The zero-order valence-electron chi connectivity index (χ0n) is 15.8. The third-order valence-electron chi connectivity index (χ3n) is 4.89. The van der Waals surface area contributed by atoms with Gasteiger partial charge < -0.3 is 10.5 Å². The van der Waals surface area contributed by atoms with E-state index in [1.165, 1.54) is 11.1 Å². The molecule has 0 amide bonds. The maximum Gasteiger partial charge on any atom is 0.323 e. The molecule has 2 rings (SSSR count). The standard InChI is InChI=1S/C22H31NO2/c1-5-16(2)9-8-14-22(3,4)25-21(24)20(23)15-18-13-12-17-10-6-7-11-19(17)18/h5-7,10-11,13,16,20H,1,8-9,12,14-15,23H2,2-4H3/t16?,20-/m0/s1. The summed E-state index contributed by atoms with van der Waals surface area (Å²) in [6, 6.07) is 7.66. The number of carbonyl (C=O) groups is 1. The number of nitrogens with two attached hydrogens (primary N) is 1. The molecule has 0 saturated heterocycles. The van der Waals surface area contributed by atoms with Crippen molar-refractivity contribution in [1.82, 2.24) is 0 Å². The minimum absolute atomic E-state index is 0.313. The van der Waals surface area contributed by atoms with Crippen LogP contribution in [0.2, 0.25) is 0 Å². The Balaban J connectivity index is 1.85. The fourth-order valence-electron chi connectivity index (χ4n) is 3.23. The molecule has 25 heavy (non-hydrogen) atoms. The van der Waals surface area contributed by atoms with Crippen LogP contribution < -0.4 is 5.73 Å². The van der Waals surface area contributed by atoms with E-state index in [9.17, 15) is 4.79 Å². The molecule has 0 radical (unpaired) electrons. The number of ether oxygens (including phenoxy) is 1. The van der Waals surface area contributed by atoms with Crippen molar-refractivity contribution in [3.05, 3.63) is 54.1 Å². The van der Waals surface area contributed by atoms with Gasteiger partial charge in [0, 0.05) is 0 Å². The first kappa shape index (κ1) is 19.5. The number of esters is 1. The molecule has 0 aromatic heterocycles. The van der Waals surface area contributed by atoms with Crippen molar-refractivity contribution < 1.29 is 9.53 Å². The van der Waals surface area contributed by atoms with E-state index in [4.69, 9.17) is 10.5 Å². The molecule has 3 nitrogen and oxygen atoms in total. The molecule has 136 valence electrons. The largest absolute Gasteiger partial charge is 0.459 e. The number of benzene rings is 1. The Labute approximate surface area is 152 Å². The van der Waals surface area contributed by atoms with Crippen molar-refractivity contribution in [2.75, 3.05) is 0 Å². The van der Waals surface area contributed by atoms with E-state index in [0.29, 0.717) is 12.3 Å². The average molecular weight is 341 g/mol. The highest BCUT2D eigenvalue weighted by atomic mass is 16.6. The number of carbonyl (C=O) groups excluding carboxylic acids is 1.